The van der Waals surface area contributed by atoms with Crippen LogP contribution in [0.3, 0.4) is 0 Å². The molecule has 0 atom stereocenters. The van der Waals surface area contributed by atoms with Crippen LogP contribution in [0.25, 0.3) is 0 Å². The summed E-state index contributed by atoms with van der Waals surface area (Å²) in [6.45, 7) is 5.11. The maximum Gasteiger partial charge on any atom is 0.119 e. The lowest BCUT2D eigenvalue weighted by atomic mass is 9.76. The molecule has 2 aromatic carbocycles. The van der Waals surface area contributed by atoms with Gasteiger partial charge < -0.3 is 4.74 Å². The van der Waals surface area contributed by atoms with Crippen molar-refractivity contribution in [3.8, 4) is 11.8 Å². The molecule has 1 saturated carbocycles. The number of ether oxygens (including phenoxy) is 1. The summed E-state index contributed by atoms with van der Waals surface area (Å²) in [5, 5.41) is 8.92. The number of nitrogens with zero attached hydrogens (tertiary/aromatic N) is 1. The molecule has 2 nitrogen and oxygen atoms in total. The van der Waals surface area contributed by atoms with Crippen LogP contribution in [0.15, 0.2) is 48.5 Å². The average Bonchev–Trinajstić information content (AvgIpc) is 2.67. The highest BCUT2D eigenvalue weighted by Crippen LogP contribution is 2.40. The van der Waals surface area contributed by atoms with Gasteiger partial charge in [0.2, 0.25) is 0 Å². The molecule has 0 heterocycles. The normalized spacial score (nSPS) is 20.2. The van der Waals surface area contributed by atoms with Gasteiger partial charge >= 0.3 is 0 Å². The van der Waals surface area contributed by atoms with Gasteiger partial charge in [0.1, 0.15) is 5.75 Å². The Balaban J connectivity index is 1.55. The zero-order chi connectivity index (χ0) is 17.6. The molecule has 0 amide bonds. The summed E-state index contributed by atoms with van der Waals surface area (Å²) in [4.78, 5) is 0. The quantitative estimate of drug-likeness (QED) is 0.669. The minimum Gasteiger partial charge on any atom is -0.493 e. The topological polar surface area (TPSA) is 33.0 Å². The van der Waals surface area contributed by atoms with Gasteiger partial charge in [0.25, 0.3) is 0 Å². The van der Waals surface area contributed by atoms with Crippen molar-refractivity contribution in [1.82, 2.24) is 0 Å². The molecule has 1 fully saturated rings. The molecule has 25 heavy (non-hydrogen) atoms. The molecule has 1 aliphatic rings. The lowest BCUT2D eigenvalue weighted by molar-refractivity contribution is 0.271. The Hall–Kier alpha value is -2.27. The molecule has 0 saturated heterocycles. The van der Waals surface area contributed by atoms with Crippen molar-refractivity contribution in [2.45, 2.75) is 51.4 Å². The van der Waals surface area contributed by atoms with E-state index in [-0.39, 0.29) is 0 Å². The Morgan fingerprint density at radius 3 is 1.80 bits per heavy atom. The third-order valence-electron chi connectivity index (χ3n) is 5.17. The zero-order valence-corrected chi connectivity index (χ0v) is 15.2. The predicted molar refractivity (Wildman–Crippen MR) is 102 cm³/mol. The van der Waals surface area contributed by atoms with Crippen LogP contribution in [-0.2, 0) is 0 Å². The molecule has 2 heteroatoms. The summed E-state index contributed by atoms with van der Waals surface area (Å²) in [5.74, 6) is 2.83. The van der Waals surface area contributed by atoms with Gasteiger partial charge in [0.05, 0.1) is 18.2 Å². The second-order valence-corrected chi connectivity index (χ2v) is 7.56. The fraction of sp³-hybridized carbons (Fsp3) is 0.435. The molecule has 0 radical (unpaired) electrons. The Morgan fingerprint density at radius 1 is 0.880 bits per heavy atom. The van der Waals surface area contributed by atoms with E-state index in [0.29, 0.717) is 17.8 Å². The van der Waals surface area contributed by atoms with E-state index in [1.807, 2.05) is 12.1 Å². The predicted octanol–water partition coefficient (Wildman–Crippen LogP) is 6.03. The maximum absolute atomic E-state index is 8.92. The van der Waals surface area contributed by atoms with E-state index < -0.39 is 0 Å². The lowest BCUT2D eigenvalue weighted by Gasteiger charge is -2.29. The summed E-state index contributed by atoms with van der Waals surface area (Å²) in [7, 11) is 0. The second-order valence-electron chi connectivity index (χ2n) is 7.56. The van der Waals surface area contributed by atoms with Gasteiger partial charge in [-0.3, -0.25) is 0 Å². The smallest absolute Gasteiger partial charge is 0.119 e. The number of nitriles is 1. The molecular formula is C23H27NO. The highest BCUT2D eigenvalue weighted by Gasteiger charge is 2.23. The Labute approximate surface area is 151 Å². The minimum absolute atomic E-state index is 0.553. The molecular weight excluding hydrogens is 306 g/mol. The van der Waals surface area contributed by atoms with Gasteiger partial charge in [-0.05, 0) is 78.8 Å². The fourth-order valence-corrected chi connectivity index (χ4v) is 3.69. The van der Waals surface area contributed by atoms with E-state index in [9.17, 15) is 0 Å². The van der Waals surface area contributed by atoms with E-state index in [2.05, 4.69) is 56.3 Å². The van der Waals surface area contributed by atoms with E-state index >= 15 is 0 Å². The lowest BCUT2D eigenvalue weighted by Crippen LogP contribution is -2.12. The van der Waals surface area contributed by atoms with Crippen molar-refractivity contribution in [2.24, 2.45) is 5.92 Å². The Bertz CT molecular complexity index is 701. The molecule has 0 unspecified atom stereocenters. The number of benzene rings is 2. The van der Waals surface area contributed by atoms with E-state index in [1.54, 1.807) is 0 Å². The van der Waals surface area contributed by atoms with Crippen LogP contribution in [0.5, 0.6) is 5.75 Å². The van der Waals surface area contributed by atoms with Crippen LogP contribution in [0, 0.1) is 17.2 Å². The summed E-state index contributed by atoms with van der Waals surface area (Å²) < 4.78 is 5.78. The summed E-state index contributed by atoms with van der Waals surface area (Å²) in [6, 6.07) is 19.0. The van der Waals surface area contributed by atoms with Gasteiger partial charge in [-0.1, -0.05) is 38.1 Å². The highest BCUT2D eigenvalue weighted by molar-refractivity contribution is 5.34. The second kappa shape index (κ2) is 8.21. The number of hydrogen-bond acceptors (Lipinski definition) is 2. The van der Waals surface area contributed by atoms with Gasteiger partial charge in [0, 0.05) is 0 Å². The summed E-state index contributed by atoms with van der Waals surface area (Å²) in [6.07, 6.45) is 4.91. The summed E-state index contributed by atoms with van der Waals surface area (Å²) >= 11 is 0. The van der Waals surface area contributed by atoms with Crippen LogP contribution in [0.1, 0.15) is 68.1 Å². The highest BCUT2D eigenvalue weighted by atomic mass is 16.5. The zero-order valence-electron chi connectivity index (χ0n) is 15.2. The van der Waals surface area contributed by atoms with Crippen LogP contribution in [0.2, 0.25) is 0 Å². The van der Waals surface area contributed by atoms with E-state index in [1.165, 1.54) is 36.8 Å². The van der Waals surface area contributed by atoms with Gasteiger partial charge in [0.15, 0.2) is 0 Å². The first-order chi connectivity index (χ1) is 12.2. The van der Waals surface area contributed by atoms with E-state index in [0.717, 1.165) is 17.9 Å². The molecule has 0 aliphatic heterocycles. The first-order valence-corrected chi connectivity index (χ1v) is 9.38. The molecule has 0 N–H and O–H groups in total. The summed E-state index contributed by atoms with van der Waals surface area (Å²) in [5.41, 5.74) is 3.57. The van der Waals surface area contributed by atoms with Crippen molar-refractivity contribution in [1.29, 1.82) is 5.26 Å². The maximum atomic E-state index is 8.92. The molecule has 1 aliphatic carbocycles. The number of hydrogen-bond donors (Lipinski definition) is 0. The van der Waals surface area contributed by atoms with Gasteiger partial charge in [-0.2, -0.15) is 5.26 Å². The van der Waals surface area contributed by atoms with Crippen LogP contribution >= 0.6 is 0 Å². The van der Waals surface area contributed by atoms with Gasteiger partial charge in [-0.15, -0.1) is 0 Å². The average molecular weight is 333 g/mol. The monoisotopic (exact) mass is 333 g/mol. The molecule has 130 valence electrons. The van der Waals surface area contributed by atoms with Crippen LogP contribution in [-0.4, -0.2) is 6.61 Å². The first kappa shape index (κ1) is 17.5. The molecule has 3 rings (SSSR count). The van der Waals surface area contributed by atoms with Crippen molar-refractivity contribution in [3.05, 3.63) is 65.2 Å². The standard InChI is InChI=1S/C23H27NO/c1-17(2)16-25-23-13-11-22(12-14-23)21-9-7-20(8-10-21)19-5-3-18(15-24)4-6-19/h3-6,11-14,17,20-21H,7-10,16H2,1-2H3. The Morgan fingerprint density at radius 2 is 1.36 bits per heavy atom. The van der Waals surface area contributed by atoms with E-state index in [4.69, 9.17) is 10.00 Å². The SMILES string of the molecule is CC(C)COc1ccc(C2CCC(c3ccc(C#N)cc3)CC2)cc1. The third-order valence-corrected chi connectivity index (χ3v) is 5.17. The van der Waals surface area contributed by atoms with Crippen molar-refractivity contribution < 1.29 is 4.74 Å². The van der Waals surface area contributed by atoms with Gasteiger partial charge in [-0.25, -0.2) is 0 Å². The third kappa shape index (κ3) is 4.63. The van der Waals surface area contributed by atoms with Crippen molar-refractivity contribution in [2.75, 3.05) is 6.61 Å². The number of rotatable bonds is 5. The largest absolute Gasteiger partial charge is 0.493 e. The molecule has 2 aromatic rings. The molecule has 0 spiro atoms. The van der Waals surface area contributed by atoms with Crippen molar-refractivity contribution >= 4 is 0 Å². The molecule has 0 aromatic heterocycles. The van der Waals surface area contributed by atoms with Crippen LogP contribution < -0.4 is 4.74 Å². The molecule has 0 bridgehead atoms. The fourth-order valence-electron chi connectivity index (χ4n) is 3.69. The van der Waals surface area contributed by atoms with Crippen LogP contribution in [0.4, 0.5) is 0 Å². The van der Waals surface area contributed by atoms with Crippen molar-refractivity contribution in [3.63, 3.8) is 0 Å². The first-order valence-electron chi connectivity index (χ1n) is 9.38. The Kier molecular flexibility index (Phi) is 5.76. The minimum atomic E-state index is 0.553.